The molecule has 0 aliphatic rings. The Labute approximate surface area is 113 Å². The van der Waals surface area contributed by atoms with E-state index in [-0.39, 0.29) is 11.4 Å². The van der Waals surface area contributed by atoms with E-state index in [0.717, 1.165) is 11.9 Å². The van der Waals surface area contributed by atoms with Crippen LogP contribution in [0.3, 0.4) is 0 Å². The van der Waals surface area contributed by atoms with Gasteiger partial charge in [0.05, 0.1) is 0 Å². The van der Waals surface area contributed by atoms with Crippen LogP contribution in [0.25, 0.3) is 10.9 Å². The third-order valence-corrected chi connectivity index (χ3v) is 3.04. The largest absolute Gasteiger partial charge is 0.361 e. The summed E-state index contributed by atoms with van der Waals surface area (Å²) in [5.41, 5.74) is 7.76. The van der Waals surface area contributed by atoms with Crippen molar-refractivity contribution in [1.29, 1.82) is 0 Å². The highest BCUT2D eigenvalue weighted by Crippen LogP contribution is 2.18. The van der Waals surface area contributed by atoms with Crippen molar-refractivity contribution in [2.45, 2.75) is 32.2 Å². The minimum atomic E-state index is -0.365. The molecule has 0 radical (unpaired) electrons. The molecular weight excluding hydrogens is 238 g/mol. The molecule has 4 N–H and O–H groups in total. The lowest BCUT2D eigenvalue weighted by Gasteiger charge is -2.18. The molecule has 0 unspecified atom stereocenters. The lowest BCUT2D eigenvalue weighted by Crippen LogP contribution is -2.45. The second-order valence-electron chi connectivity index (χ2n) is 5.62. The Morgan fingerprint density at radius 1 is 1.37 bits per heavy atom. The third kappa shape index (κ3) is 3.83. The SMILES string of the molecule is CC(C)(N)CNC(=O)CCc1c[nH]c2ccccc12. The average Bonchev–Trinajstić information content (AvgIpc) is 2.76. The highest BCUT2D eigenvalue weighted by atomic mass is 16.1. The molecule has 0 saturated heterocycles. The minimum absolute atomic E-state index is 0.0452. The van der Waals surface area contributed by atoms with E-state index in [9.17, 15) is 4.79 Å². The summed E-state index contributed by atoms with van der Waals surface area (Å²) in [4.78, 5) is 15.0. The number of aromatic amines is 1. The van der Waals surface area contributed by atoms with Gasteiger partial charge in [0.2, 0.25) is 5.91 Å². The van der Waals surface area contributed by atoms with Gasteiger partial charge in [-0.1, -0.05) is 18.2 Å². The van der Waals surface area contributed by atoms with Gasteiger partial charge >= 0.3 is 0 Å². The molecule has 0 fully saturated rings. The second kappa shape index (κ2) is 5.45. The lowest BCUT2D eigenvalue weighted by atomic mass is 10.1. The smallest absolute Gasteiger partial charge is 0.220 e. The number of H-pyrrole nitrogens is 1. The van der Waals surface area contributed by atoms with Gasteiger partial charge in [0.15, 0.2) is 0 Å². The van der Waals surface area contributed by atoms with Crippen LogP contribution in [0.5, 0.6) is 0 Å². The van der Waals surface area contributed by atoms with Gasteiger partial charge in [0.1, 0.15) is 0 Å². The van der Waals surface area contributed by atoms with Crippen LogP contribution in [0.2, 0.25) is 0 Å². The number of aryl methyl sites for hydroxylation is 1. The van der Waals surface area contributed by atoms with Crippen molar-refractivity contribution in [2.75, 3.05) is 6.54 Å². The van der Waals surface area contributed by atoms with Crippen LogP contribution in [0.4, 0.5) is 0 Å². The predicted octanol–water partition coefficient (Wildman–Crippen LogP) is 1.95. The second-order valence-corrected chi connectivity index (χ2v) is 5.62. The molecule has 1 heterocycles. The Kier molecular flexibility index (Phi) is 3.90. The Balaban J connectivity index is 1.90. The van der Waals surface area contributed by atoms with Crippen molar-refractivity contribution in [3.8, 4) is 0 Å². The fourth-order valence-electron chi connectivity index (χ4n) is 2.00. The third-order valence-electron chi connectivity index (χ3n) is 3.04. The molecule has 4 nitrogen and oxygen atoms in total. The number of benzene rings is 1. The zero-order valence-corrected chi connectivity index (χ0v) is 11.5. The number of carbonyl (C=O) groups excluding carboxylic acids is 1. The molecule has 0 aliphatic carbocycles. The van der Waals surface area contributed by atoms with E-state index >= 15 is 0 Å². The van der Waals surface area contributed by atoms with Gasteiger partial charge in [-0.05, 0) is 31.9 Å². The summed E-state index contributed by atoms with van der Waals surface area (Å²) in [6.07, 6.45) is 3.20. The van der Waals surface area contributed by atoms with Crippen molar-refractivity contribution in [1.82, 2.24) is 10.3 Å². The van der Waals surface area contributed by atoms with E-state index in [4.69, 9.17) is 5.73 Å². The number of rotatable bonds is 5. The number of para-hydroxylation sites is 1. The topological polar surface area (TPSA) is 70.9 Å². The van der Waals surface area contributed by atoms with E-state index < -0.39 is 0 Å². The van der Waals surface area contributed by atoms with E-state index in [1.807, 2.05) is 38.2 Å². The normalized spacial score (nSPS) is 11.7. The summed E-state index contributed by atoms with van der Waals surface area (Å²) in [5, 5.41) is 4.05. The van der Waals surface area contributed by atoms with Crippen molar-refractivity contribution in [3.05, 3.63) is 36.0 Å². The Morgan fingerprint density at radius 3 is 2.84 bits per heavy atom. The summed E-state index contributed by atoms with van der Waals surface area (Å²) in [7, 11) is 0. The molecule has 19 heavy (non-hydrogen) atoms. The van der Waals surface area contributed by atoms with E-state index in [0.29, 0.717) is 13.0 Å². The van der Waals surface area contributed by atoms with E-state index in [2.05, 4.69) is 16.4 Å². The van der Waals surface area contributed by atoms with Gasteiger partial charge in [-0.15, -0.1) is 0 Å². The van der Waals surface area contributed by atoms with Crippen LogP contribution in [0.15, 0.2) is 30.5 Å². The highest BCUT2D eigenvalue weighted by molar-refractivity contribution is 5.84. The first-order valence-corrected chi connectivity index (χ1v) is 6.56. The molecule has 0 atom stereocenters. The molecule has 4 heteroatoms. The van der Waals surface area contributed by atoms with Gasteiger partial charge in [-0.2, -0.15) is 0 Å². The number of hydrogen-bond acceptors (Lipinski definition) is 2. The Bertz CT molecular complexity index is 566. The average molecular weight is 259 g/mol. The number of nitrogens with two attached hydrogens (primary N) is 1. The number of aromatic nitrogens is 1. The van der Waals surface area contributed by atoms with Crippen LogP contribution in [0, 0.1) is 0 Å². The predicted molar refractivity (Wildman–Crippen MR) is 77.9 cm³/mol. The van der Waals surface area contributed by atoms with Crippen molar-refractivity contribution >= 4 is 16.8 Å². The summed E-state index contributed by atoms with van der Waals surface area (Å²) < 4.78 is 0. The molecule has 0 spiro atoms. The highest BCUT2D eigenvalue weighted by Gasteiger charge is 2.12. The van der Waals surface area contributed by atoms with Crippen molar-refractivity contribution < 1.29 is 4.79 Å². The lowest BCUT2D eigenvalue weighted by molar-refractivity contribution is -0.121. The summed E-state index contributed by atoms with van der Waals surface area (Å²) in [6, 6.07) is 8.12. The number of nitrogens with one attached hydrogen (secondary N) is 2. The number of amides is 1. The molecule has 2 aromatic rings. The Hall–Kier alpha value is -1.81. The number of fused-ring (bicyclic) bond motifs is 1. The van der Waals surface area contributed by atoms with Gasteiger partial charge < -0.3 is 16.0 Å². The van der Waals surface area contributed by atoms with E-state index in [1.165, 1.54) is 10.9 Å². The van der Waals surface area contributed by atoms with Crippen LogP contribution >= 0.6 is 0 Å². The molecule has 0 bridgehead atoms. The number of carbonyl (C=O) groups is 1. The molecule has 1 aromatic carbocycles. The molecule has 102 valence electrons. The van der Waals surface area contributed by atoms with Crippen molar-refractivity contribution in [2.24, 2.45) is 5.73 Å². The Morgan fingerprint density at radius 2 is 2.11 bits per heavy atom. The monoisotopic (exact) mass is 259 g/mol. The summed E-state index contributed by atoms with van der Waals surface area (Å²) in [6.45, 7) is 4.29. The zero-order valence-electron chi connectivity index (χ0n) is 11.5. The van der Waals surface area contributed by atoms with Gasteiger partial charge in [-0.25, -0.2) is 0 Å². The van der Waals surface area contributed by atoms with Crippen LogP contribution < -0.4 is 11.1 Å². The van der Waals surface area contributed by atoms with E-state index in [1.54, 1.807) is 0 Å². The first-order valence-electron chi connectivity index (χ1n) is 6.56. The minimum Gasteiger partial charge on any atom is -0.361 e. The molecule has 2 rings (SSSR count). The standard InChI is InChI=1S/C15H21N3O/c1-15(2,16)10-18-14(19)8-7-11-9-17-13-6-4-3-5-12(11)13/h3-6,9,17H,7-8,10,16H2,1-2H3,(H,18,19). The van der Waals surface area contributed by atoms with Gasteiger partial charge in [0.25, 0.3) is 0 Å². The van der Waals surface area contributed by atoms with Crippen LogP contribution in [-0.4, -0.2) is 23.0 Å². The molecule has 1 amide bonds. The zero-order chi connectivity index (χ0) is 13.9. The fraction of sp³-hybridized carbons (Fsp3) is 0.400. The first-order chi connectivity index (χ1) is 8.96. The number of hydrogen-bond donors (Lipinski definition) is 3. The first kappa shape index (κ1) is 13.6. The quantitative estimate of drug-likeness (QED) is 0.768. The maximum absolute atomic E-state index is 11.7. The molecular formula is C15H21N3O. The van der Waals surface area contributed by atoms with Crippen molar-refractivity contribution in [3.63, 3.8) is 0 Å². The van der Waals surface area contributed by atoms with Crippen LogP contribution in [0.1, 0.15) is 25.8 Å². The maximum Gasteiger partial charge on any atom is 0.220 e. The molecule has 1 aromatic heterocycles. The fourth-order valence-corrected chi connectivity index (χ4v) is 2.00. The summed E-state index contributed by atoms with van der Waals surface area (Å²) in [5.74, 6) is 0.0452. The molecule has 0 saturated carbocycles. The van der Waals surface area contributed by atoms with Gasteiger partial charge in [-0.3, -0.25) is 4.79 Å². The maximum atomic E-state index is 11.7. The molecule has 0 aliphatic heterocycles. The summed E-state index contributed by atoms with van der Waals surface area (Å²) >= 11 is 0. The van der Waals surface area contributed by atoms with Gasteiger partial charge in [0, 0.05) is 35.6 Å². The van der Waals surface area contributed by atoms with Crippen LogP contribution in [-0.2, 0) is 11.2 Å².